The molecule has 0 radical (unpaired) electrons. The molecule has 3 rings (SSSR count). The Labute approximate surface area is 128 Å². The molecule has 9 heteroatoms. The third kappa shape index (κ3) is 2.74. The molecule has 3 aromatic rings. The van der Waals surface area contributed by atoms with Crippen LogP contribution in [-0.4, -0.2) is 35.6 Å². The highest BCUT2D eigenvalue weighted by molar-refractivity contribution is 8.01. The predicted octanol–water partition coefficient (Wildman–Crippen LogP) is 1.98. The lowest BCUT2D eigenvalue weighted by Gasteiger charge is -1.99. The molecule has 3 aromatic heterocycles. The molecule has 0 saturated heterocycles. The van der Waals surface area contributed by atoms with Gasteiger partial charge in [0, 0.05) is 17.3 Å². The van der Waals surface area contributed by atoms with Crippen LogP contribution in [0.15, 0.2) is 21.8 Å². The third-order valence-electron chi connectivity index (χ3n) is 2.83. The number of carbonyl (C=O) groups is 1. The van der Waals surface area contributed by atoms with E-state index >= 15 is 0 Å². The van der Waals surface area contributed by atoms with Crippen molar-refractivity contribution in [3.8, 4) is 0 Å². The highest BCUT2D eigenvalue weighted by atomic mass is 32.2. The van der Waals surface area contributed by atoms with Crippen LogP contribution in [0, 0.1) is 13.8 Å². The number of carboxylic acids is 1. The van der Waals surface area contributed by atoms with Crippen LogP contribution in [0.3, 0.4) is 0 Å². The Balaban J connectivity index is 1.94. The fourth-order valence-corrected chi connectivity index (χ4v) is 4.00. The van der Waals surface area contributed by atoms with Gasteiger partial charge in [0.15, 0.2) is 9.99 Å². The van der Waals surface area contributed by atoms with E-state index in [1.54, 1.807) is 12.4 Å². The summed E-state index contributed by atoms with van der Waals surface area (Å²) < 4.78 is 2.61. The number of hydrogen-bond donors (Lipinski definition) is 1. The monoisotopic (exact) mass is 321 g/mol. The zero-order chi connectivity index (χ0) is 15.0. The Hall–Kier alpha value is -2.00. The van der Waals surface area contributed by atoms with E-state index in [2.05, 4.69) is 20.2 Å². The molecule has 108 valence electrons. The molecule has 1 N–H and O–H groups in total. The summed E-state index contributed by atoms with van der Waals surface area (Å²) in [5.41, 5.74) is 1.42. The van der Waals surface area contributed by atoms with Crippen LogP contribution >= 0.6 is 23.1 Å². The van der Waals surface area contributed by atoms with Gasteiger partial charge < -0.3 is 5.11 Å². The second kappa shape index (κ2) is 5.41. The van der Waals surface area contributed by atoms with Crippen molar-refractivity contribution in [2.24, 2.45) is 0 Å². The van der Waals surface area contributed by atoms with E-state index in [0.717, 1.165) is 20.7 Å². The minimum atomic E-state index is -0.855. The van der Waals surface area contributed by atoms with E-state index in [9.17, 15) is 4.79 Å². The van der Waals surface area contributed by atoms with Crippen molar-refractivity contribution in [1.82, 2.24) is 24.6 Å². The van der Waals surface area contributed by atoms with Gasteiger partial charge in [0.25, 0.3) is 0 Å². The van der Waals surface area contributed by atoms with Gasteiger partial charge in [0.1, 0.15) is 10.9 Å². The zero-order valence-electron chi connectivity index (χ0n) is 11.3. The van der Waals surface area contributed by atoms with Crippen LogP contribution in [0.5, 0.6) is 0 Å². The molecule has 0 spiro atoms. The summed E-state index contributed by atoms with van der Waals surface area (Å²) in [6.07, 6.45) is 3.48. The van der Waals surface area contributed by atoms with Gasteiger partial charge in [-0.3, -0.25) is 9.20 Å². The lowest BCUT2D eigenvalue weighted by Crippen LogP contribution is -1.99. The molecule has 0 aromatic carbocycles. The second-order valence-corrected chi connectivity index (χ2v) is 6.65. The number of hydrogen-bond acceptors (Lipinski definition) is 7. The van der Waals surface area contributed by atoms with Crippen LogP contribution in [0.25, 0.3) is 5.65 Å². The van der Waals surface area contributed by atoms with Gasteiger partial charge in [-0.2, -0.15) is 0 Å². The highest BCUT2D eigenvalue weighted by Gasteiger charge is 2.15. The fourth-order valence-electron chi connectivity index (χ4n) is 1.82. The Morgan fingerprint density at radius 1 is 1.43 bits per heavy atom. The normalized spacial score (nSPS) is 11.1. The Morgan fingerprint density at radius 2 is 2.24 bits per heavy atom. The molecule has 0 aliphatic carbocycles. The summed E-state index contributed by atoms with van der Waals surface area (Å²) in [5, 5.41) is 17.7. The molecule has 0 amide bonds. The van der Waals surface area contributed by atoms with E-state index in [1.165, 1.54) is 23.1 Å². The van der Waals surface area contributed by atoms with Gasteiger partial charge in [-0.05, 0) is 25.6 Å². The maximum absolute atomic E-state index is 10.8. The summed E-state index contributed by atoms with van der Waals surface area (Å²) in [5.74, 6) is -0.0669. The number of thiazole rings is 1. The minimum Gasteiger partial charge on any atom is -0.481 e. The number of aryl methyl sites for hydroxylation is 2. The average molecular weight is 321 g/mol. The van der Waals surface area contributed by atoms with Crippen LogP contribution in [0.1, 0.15) is 16.4 Å². The molecule has 0 atom stereocenters. The number of rotatable bonds is 4. The standard InChI is InChI=1S/C12H11N5O2S2/c1-6-8(5-9(18)19)20-12(14-6)21-11-10-16-15-7(2)17(10)4-3-13-11/h3-4H,5H2,1-2H3,(H,18,19). The van der Waals surface area contributed by atoms with Gasteiger partial charge in [-0.15, -0.1) is 21.5 Å². The van der Waals surface area contributed by atoms with Crippen molar-refractivity contribution < 1.29 is 9.90 Å². The van der Waals surface area contributed by atoms with E-state index < -0.39 is 5.97 Å². The van der Waals surface area contributed by atoms with Gasteiger partial charge >= 0.3 is 5.97 Å². The van der Waals surface area contributed by atoms with Crippen molar-refractivity contribution in [3.05, 3.63) is 28.8 Å². The molecular weight excluding hydrogens is 310 g/mol. The smallest absolute Gasteiger partial charge is 0.308 e. The van der Waals surface area contributed by atoms with Crippen molar-refractivity contribution in [2.75, 3.05) is 0 Å². The molecule has 0 unspecified atom stereocenters. The number of fused-ring (bicyclic) bond motifs is 1. The molecule has 3 heterocycles. The minimum absolute atomic E-state index is 0.00820. The average Bonchev–Trinajstić information content (AvgIpc) is 2.95. The summed E-state index contributed by atoms with van der Waals surface area (Å²) in [6, 6.07) is 0. The van der Waals surface area contributed by atoms with Crippen molar-refractivity contribution in [2.45, 2.75) is 29.6 Å². The predicted molar refractivity (Wildman–Crippen MR) is 77.8 cm³/mol. The summed E-state index contributed by atoms with van der Waals surface area (Å²) in [7, 11) is 0. The molecule has 0 aliphatic rings. The molecule has 0 fully saturated rings. The number of aromatic nitrogens is 5. The lowest BCUT2D eigenvalue weighted by molar-refractivity contribution is -0.136. The van der Waals surface area contributed by atoms with Crippen LogP contribution in [-0.2, 0) is 11.2 Å². The van der Waals surface area contributed by atoms with Crippen LogP contribution in [0.2, 0.25) is 0 Å². The second-order valence-electron chi connectivity index (χ2n) is 4.33. The van der Waals surface area contributed by atoms with Gasteiger partial charge in [-0.1, -0.05) is 0 Å². The Kier molecular flexibility index (Phi) is 3.60. The van der Waals surface area contributed by atoms with Gasteiger partial charge in [-0.25, -0.2) is 9.97 Å². The first-order valence-corrected chi connectivity index (χ1v) is 7.70. The third-order valence-corrected chi connectivity index (χ3v) is 5.03. The van der Waals surface area contributed by atoms with E-state index in [4.69, 9.17) is 5.11 Å². The quantitative estimate of drug-likeness (QED) is 0.785. The van der Waals surface area contributed by atoms with Crippen LogP contribution in [0.4, 0.5) is 0 Å². The lowest BCUT2D eigenvalue weighted by atomic mass is 10.3. The largest absolute Gasteiger partial charge is 0.481 e. The van der Waals surface area contributed by atoms with E-state index in [1.807, 2.05) is 18.2 Å². The number of aliphatic carboxylic acids is 1. The van der Waals surface area contributed by atoms with Gasteiger partial charge in [0.2, 0.25) is 0 Å². The first kappa shape index (κ1) is 14.0. The van der Waals surface area contributed by atoms with Crippen molar-refractivity contribution >= 4 is 34.7 Å². The summed E-state index contributed by atoms with van der Waals surface area (Å²) in [4.78, 5) is 20.3. The van der Waals surface area contributed by atoms with E-state index in [-0.39, 0.29) is 6.42 Å². The topological polar surface area (TPSA) is 93.3 Å². The molecule has 21 heavy (non-hydrogen) atoms. The highest BCUT2D eigenvalue weighted by Crippen LogP contribution is 2.33. The molecule has 0 bridgehead atoms. The number of carboxylic acid groups (broad SMARTS) is 1. The molecule has 0 saturated carbocycles. The summed E-state index contributed by atoms with van der Waals surface area (Å²) >= 11 is 2.74. The molecule has 7 nitrogen and oxygen atoms in total. The summed E-state index contributed by atoms with van der Waals surface area (Å²) in [6.45, 7) is 3.68. The Bertz CT molecular complexity index is 826. The van der Waals surface area contributed by atoms with Gasteiger partial charge in [0.05, 0.1) is 12.1 Å². The fraction of sp³-hybridized carbons (Fsp3) is 0.250. The first-order valence-electron chi connectivity index (χ1n) is 6.07. The maximum Gasteiger partial charge on any atom is 0.308 e. The first-order chi connectivity index (χ1) is 10.0. The maximum atomic E-state index is 10.8. The molecular formula is C12H11N5O2S2. The van der Waals surface area contributed by atoms with E-state index in [0.29, 0.717) is 10.7 Å². The number of nitrogens with zero attached hydrogens (tertiary/aromatic N) is 5. The van der Waals surface area contributed by atoms with Crippen molar-refractivity contribution in [1.29, 1.82) is 0 Å². The zero-order valence-corrected chi connectivity index (χ0v) is 12.9. The Morgan fingerprint density at radius 3 is 3.00 bits per heavy atom. The molecule has 0 aliphatic heterocycles. The van der Waals surface area contributed by atoms with Crippen LogP contribution < -0.4 is 0 Å². The van der Waals surface area contributed by atoms with Crippen molar-refractivity contribution in [3.63, 3.8) is 0 Å². The SMILES string of the molecule is Cc1nc(Sc2nccn3c(C)nnc23)sc1CC(=O)O.